The topological polar surface area (TPSA) is 43.8 Å². The van der Waals surface area contributed by atoms with Gasteiger partial charge in [0.1, 0.15) is 5.82 Å². The molecule has 1 heterocycles. The Kier molecular flexibility index (Phi) is 3.52. The van der Waals surface area contributed by atoms with Crippen LogP contribution in [0.15, 0.2) is 30.5 Å². The Morgan fingerprint density at radius 2 is 1.76 bits per heavy atom. The molecule has 1 fully saturated rings. The van der Waals surface area contributed by atoms with Crippen molar-refractivity contribution in [2.45, 2.75) is 45.4 Å². The zero-order chi connectivity index (χ0) is 15.0. The molecule has 3 nitrogen and oxygen atoms in total. The molecule has 0 radical (unpaired) electrons. The van der Waals surface area contributed by atoms with Crippen LogP contribution in [0.3, 0.4) is 0 Å². The summed E-state index contributed by atoms with van der Waals surface area (Å²) in [6, 6.07) is 8.90. The number of aryl methyl sites for hydroxylation is 1. The molecule has 2 aromatic rings. The molecule has 0 aliphatic heterocycles. The average Bonchev–Trinajstić information content (AvgIpc) is 2.79. The first-order valence-electron chi connectivity index (χ1n) is 7.84. The molecule has 21 heavy (non-hydrogen) atoms. The highest BCUT2D eigenvalue weighted by Gasteiger charge is 2.27. The molecule has 112 valence electrons. The first kappa shape index (κ1) is 14.2. The minimum atomic E-state index is 0.528. The standard InChI is InChI=1S/C18H25N3/c1-18(2)10-8-14(9-11-18)13-4-6-15(7-5-13)16-12-20-21(3)17(16)19/h4-7,12,14H,8-11,19H2,1-3H3. The molecule has 3 heteroatoms. The van der Waals surface area contributed by atoms with Crippen molar-refractivity contribution in [3.8, 4) is 11.1 Å². The van der Waals surface area contributed by atoms with Crippen LogP contribution in [-0.2, 0) is 7.05 Å². The predicted octanol–water partition coefficient (Wildman–Crippen LogP) is 4.35. The molecule has 0 bridgehead atoms. The number of nitrogens with two attached hydrogens (primary N) is 1. The van der Waals surface area contributed by atoms with Crippen LogP contribution in [0.5, 0.6) is 0 Å². The summed E-state index contributed by atoms with van der Waals surface area (Å²) in [7, 11) is 1.87. The van der Waals surface area contributed by atoms with Crippen molar-refractivity contribution in [3.05, 3.63) is 36.0 Å². The normalized spacial score (nSPS) is 18.8. The molecule has 1 aliphatic carbocycles. The van der Waals surface area contributed by atoms with Gasteiger partial charge in [0.05, 0.1) is 6.20 Å². The van der Waals surface area contributed by atoms with Crippen LogP contribution in [0.2, 0.25) is 0 Å². The number of benzene rings is 1. The van der Waals surface area contributed by atoms with E-state index in [2.05, 4.69) is 43.2 Å². The van der Waals surface area contributed by atoms with Crippen LogP contribution in [0, 0.1) is 5.41 Å². The lowest BCUT2D eigenvalue weighted by Crippen LogP contribution is -2.20. The SMILES string of the molecule is Cn1ncc(-c2ccc(C3CCC(C)(C)CC3)cc2)c1N. The Morgan fingerprint density at radius 1 is 1.14 bits per heavy atom. The third-order valence-corrected chi connectivity index (χ3v) is 5.02. The van der Waals surface area contributed by atoms with Crippen molar-refractivity contribution in [1.29, 1.82) is 0 Å². The van der Waals surface area contributed by atoms with Gasteiger partial charge in [-0.15, -0.1) is 0 Å². The number of anilines is 1. The molecule has 1 aliphatic rings. The molecule has 0 unspecified atom stereocenters. The van der Waals surface area contributed by atoms with Crippen LogP contribution in [0.25, 0.3) is 11.1 Å². The number of aromatic nitrogens is 2. The van der Waals surface area contributed by atoms with E-state index in [1.807, 2.05) is 13.2 Å². The van der Waals surface area contributed by atoms with Gasteiger partial charge in [-0.1, -0.05) is 38.1 Å². The average molecular weight is 283 g/mol. The van der Waals surface area contributed by atoms with Gasteiger partial charge in [-0.25, -0.2) is 0 Å². The van der Waals surface area contributed by atoms with E-state index in [0.29, 0.717) is 5.41 Å². The van der Waals surface area contributed by atoms with E-state index in [1.54, 1.807) is 4.68 Å². The van der Waals surface area contributed by atoms with Gasteiger partial charge in [0.25, 0.3) is 0 Å². The highest BCUT2D eigenvalue weighted by Crippen LogP contribution is 2.42. The monoisotopic (exact) mass is 283 g/mol. The quantitative estimate of drug-likeness (QED) is 0.890. The molecule has 0 amide bonds. The number of hydrogen-bond acceptors (Lipinski definition) is 2. The maximum atomic E-state index is 6.05. The zero-order valence-electron chi connectivity index (χ0n) is 13.3. The molecule has 1 aromatic heterocycles. The third-order valence-electron chi connectivity index (χ3n) is 5.02. The Hall–Kier alpha value is -1.77. The van der Waals surface area contributed by atoms with Gasteiger partial charge < -0.3 is 5.73 Å². The van der Waals surface area contributed by atoms with Crippen LogP contribution in [0.4, 0.5) is 5.82 Å². The van der Waals surface area contributed by atoms with Crippen LogP contribution >= 0.6 is 0 Å². The van der Waals surface area contributed by atoms with Crippen molar-refractivity contribution in [1.82, 2.24) is 9.78 Å². The molecule has 0 spiro atoms. The second-order valence-electron chi connectivity index (χ2n) is 7.13. The Morgan fingerprint density at radius 3 is 2.29 bits per heavy atom. The van der Waals surface area contributed by atoms with Crippen molar-refractivity contribution >= 4 is 5.82 Å². The maximum Gasteiger partial charge on any atom is 0.129 e. The van der Waals surface area contributed by atoms with E-state index < -0.39 is 0 Å². The lowest BCUT2D eigenvalue weighted by molar-refractivity contribution is 0.224. The molecule has 2 N–H and O–H groups in total. The summed E-state index contributed by atoms with van der Waals surface area (Å²) in [4.78, 5) is 0. The lowest BCUT2D eigenvalue weighted by Gasteiger charge is -2.34. The second-order valence-corrected chi connectivity index (χ2v) is 7.13. The molecular formula is C18H25N3. The molecule has 3 rings (SSSR count). The summed E-state index contributed by atoms with van der Waals surface area (Å²) in [6.45, 7) is 4.77. The van der Waals surface area contributed by atoms with Gasteiger partial charge in [0, 0.05) is 12.6 Å². The smallest absolute Gasteiger partial charge is 0.129 e. The minimum Gasteiger partial charge on any atom is -0.383 e. The van der Waals surface area contributed by atoms with Gasteiger partial charge >= 0.3 is 0 Å². The summed E-state index contributed by atoms with van der Waals surface area (Å²) < 4.78 is 1.71. The lowest BCUT2D eigenvalue weighted by atomic mass is 9.71. The van der Waals surface area contributed by atoms with E-state index in [4.69, 9.17) is 5.73 Å². The van der Waals surface area contributed by atoms with E-state index in [1.165, 1.54) is 31.2 Å². The van der Waals surface area contributed by atoms with Crippen molar-refractivity contribution in [2.75, 3.05) is 5.73 Å². The fourth-order valence-corrected chi connectivity index (χ4v) is 3.34. The fourth-order valence-electron chi connectivity index (χ4n) is 3.34. The van der Waals surface area contributed by atoms with E-state index >= 15 is 0 Å². The summed E-state index contributed by atoms with van der Waals surface area (Å²) in [5, 5.41) is 4.21. The molecular weight excluding hydrogens is 258 g/mol. The van der Waals surface area contributed by atoms with Gasteiger partial charge in [-0.3, -0.25) is 4.68 Å². The molecule has 1 saturated carbocycles. The van der Waals surface area contributed by atoms with Crippen molar-refractivity contribution in [2.24, 2.45) is 12.5 Å². The highest BCUT2D eigenvalue weighted by molar-refractivity contribution is 5.73. The number of nitrogen functional groups attached to an aromatic ring is 1. The molecule has 0 saturated heterocycles. The zero-order valence-corrected chi connectivity index (χ0v) is 13.3. The van der Waals surface area contributed by atoms with Crippen LogP contribution in [-0.4, -0.2) is 9.78 Å². The van der Waals surface area contributed by atoms with Gasteiger partial charge in [-0.2, -0.15) is 5.10 Å². The second kappa shape index (κ2) is 5.21. The van der Waals surface area contributed by atoms with Crippen LogP contribution < -0.4 is 5.73 Å². The largest absolute Gasteiger partial charge is 0.383 e. The Labute approximate surface area is 127 Å². The summed E-state index contributed by atoms with van der Waals surface area (Å²) in [5.41, 5.74) is 10.2. The summed E-state index contributed by atoms with van der Waals surface area (Å²) in [6.07, 6.45) is 7.11. The number of rotatable bonds is 2. The minimum absolute atomic E-state index is 0.528. The fraction of sp³-hybridized carbons (Fsp3) is 0.500. The molecule has 1 aromatic carbocycles. The summed E-state index contributed by atoms with van der Waals surface area (Å²) in [5.74, 6) is 1.44. The molecule has 0 atom stereocenters. The first-order valence-corrected chi connectivity index (χ1v) is 7.84. The number of hydrogen-bond donors (Lipinski definition) is 1. The number of nitrogens with zero attached hydrogens (tertiary/aromatic N) is 2. The first-order chi connectivity index (χ1) is 9.96. The van der Waals surface area contributed by atoms with Gasteiger partial charge in [0.2, 0.25) is 0 Å². The summed E-state index contributed by atoms with van der Waals surface area (Å²) >= 11 is 0. The highest BCUT2D eigenvalue weighted by atomic mass is 15.3. The van der Waals surface area contributed by atoms with Crippen molar-refractivity contribution < 1.29 is 0 Å². The van der Waals surface area contributed by atoms with Gasteiger partial charge in [-0.05, 0) is 48.1 Å². The third kappa shape index (κ3) is 2.82. The van der Waals surface area contributed by atoms with E-state index in [9.17, 15) is 0 Å². The predicted molar refractivity (Wildman–Crippen MR) is 88.0 cm³/mol. The van der Waals surface area contributed by atoms with Gasteiger partial charge in [0.15, 0.2) is 0 Å². The van der Waals surface area contributed by atoms with E-state index in [0.717, 1.165) is 22.9 Å². The maximum absolute atomic E-state index is 6.05. The Balaban J connectivity index is 1.77. The van der Waals surface area contributed by atoms with E-state index in [-0.39, 0.29) is 0 Å². The Bertz CT molecular complexity index is 612. The van der Waals surface area contributed by atoms with Crippen LogP contribution in [0.1, 0.15) is 51.0 Å². The van der Waals surface area contributed by atoms with Crippen molar-refractivity contribution in [3.63, 3.8) is 0 Å².